The van der Waals surface area contributed by atoms with Gasteiger partial charge >= 0.3 is 0 Å². The first-order valence-electron chi connectivity index (χ1n) is 4.22. The molecule has 1 aliphatic rings. The van der Waals surface area contributed by atoms with Crippen molar-refractivity contribution in [2.75, 3.05) is 13.1 Å². The van der Waals surface area contributed by atoms with Crippen LogP contribution in [0.3, 0.4) is 0 Å². The number of likely N-dealkylation sites (tertiary alicyclic amines) is 1. The van der Waals surface area contributed by atoms with Gasteiger partial charge in [0.2, 0.25) is 11.8 Å². The summed E-state index contributed by atoms with van der Waals surface area (Å²) < 4.78 is 0. The minimum Gasteiger partial charge on any atom is -0.343 e. The van der Waals surface area contributed by atoms with Gasteiger partial charge in [-0.3, -0.25) is 15.3 Å². The molecule has 1 rings (SSSR count). The Hall–Kier alpha value is -1.06. The van der Waals surface area contributed by atoms with E-state index in [4.69, 9.17) is 5.73 Å². The quantitative estimate of drug-likeness (QED) is 0.603. The van der Waals surface area contributed by atoms with Gasteiger partial charge in [0.05, 0.1) is 0 Å². The van der Waals surface area contributed by atoms with Gasteiger partial charge in [0.1, 0.15) is 0 Å². The molecular formula is C8H13N2O2. The summed E-state index contributed by atoms with van der Waals surface area (Å²) in [5.41, 5.74) is 6.66. The van der Waals surface area contributed by atoms with Gasteiger partial charge in [-0.05, 0) is 12.8 Å². The molecule has 0 aromatic rings. The van der Waals surface area contributed by atoms with Crippen molar-refractivity contribution in [3.05, 3.63) is 0 Å². The highest BCUT2D eigenvalue weighted by Crippen LogP contribution is 2.09. The van der Waals surface area contributed by atoms with Gasteiger partial charge in [0, 0.05) is 25.9 Å². The van der Waals surface area contributed by atoms with E-state index in [1.54, 1.807) is 4.90 Å². The molecule has 0 atom stereocenters. The van der Waals surface area contributed by atoms with Crippen molar-refractivity contribution < 1.29 is 9.59 Å². The third kappa shape index (κ3) is 2.53. The Kier molecular flexibility index (Phi) is 3.08. The lowest BCUT2D eigenvalue weighted by molar-refractivity contribution is -0.128. The summed E-state index contributed by atoms with van der Waals surface area (Å²) in [4.78, 5) is 23.1. The molecule has 1 heterocycles. The van der Waals surface area contributed by atoms with Crippen molar-refractivity contribution in [2.24, 2.45) is 0 Å². The maximum absolute atomic E-state index is 11.0. The fourth-order valence-electron chi connectivity index (χ4n) is 1.37. The maximum Gasteiger partial charge on any atom is 0.238 e. The topological polar surface area (TPSA) is 61.2 Å². The van der Waals surface area contributed by atoms with Crippen LogP contribution in [0.1, 0.15) is 25.7 Å². The molecule has 67 valence electrons. The molecular weight excluding hydrogens is 156 g/mol. The van der Waals surface area contributed by atoms with Crippen LogP contribution in [-0.4, -0.2) is 29.8 Å². The summed E-state index contributed by atoms with van der Waals surface area (Å²) in [7, 11) is 0. The summed E-state index contributed by atoms with van der Waals surface area (Å²) in [6.07, 6.45) is 2.49. The molecule has 0 aromatic heterocycles. The van der Waals surface area contributed by atoms with Gasteiger partial charge in [0.25, 0.3) is 0 Å². The fourth-order valence-corrected chi connectivity index (χ4v) is 1.37. The average molecular weight is 169 g/mol. The van der Waals surface area contributed by atoms with E-state index < -0.39 is 5.91 Å². The van der Waals surface area contributed by atoms with E-state index in [9.17, 15) is 9.59 Å². The molecule has 0 spiro atoms. The molecule has 0 aliphatic carbocycles. The lowest BCUT2D eigenvalue weighted by Gasteiger charge is -2.13. The van der Waals surface area contributed by atoms with E-state index in [1.807, 2.05) is 0 Å². The summed E-state index contributed by atoms with van der Waals surface area (Å²) >= 11 is 0. The zero-order valence-corrected chi connectivity index (χ0v) is 7.01. The molecule has 2 amide bonds. The van der Waals surface area contributed by atoms with E-state index in [-0.39, 0.29) is 12.3 Å². The van der Waals surface area contributed by atoms with Crippen molar-refractivity contribution in [1.29, 1.82) is 0 Å². The Bertz CT molecular complexity index is 191. The molecule has 0 unspecified atom stereocenters. The van der Waals surface area contributed by atoms with Crippen LogP contribution in [0.4, 0.5) is 0 Å². The molecule has 12 heavy (non-hydrogen) atoms. The van der Waals surface area contributed by atoms with Gasteiger partial charge in [-0.25, -0.2) is 0 Å². The molecule has 0 saturated carbocycles. The normalized spacial score (nSPS) is 17.0. The number of hydrogen-bond acceptors (Lipinski definition) is 2. The van der Waals surface area contributed by atoms with E-state index >= 15 is 0 Å². The monoisotopic (exact) mass is 169 g/mol. The summed E-state index contributed by atoms with van der Waals surface area (Å²) in [6, 6.07) is 0. The molecule has 1 saturated heterocycles. The van der Waals surface area contributed by atoms with Crippen LogP contribution >= 0.6 is 0 Å². The minimum absolute atomic E-state index is 0.187. The zero-order valence-electron chi connectivity index (χ0n) is 7.01. The molecule has 1 radical (unpaired) electrons. The van der Waals surface area contributed by atoms with Crippen molar-refractivity contribution >= 4 is 11.8 Å². The third-order valence-corrected chi connectivity index (χ3v) is 2.00. The standard InChI is InChI=1S/C8H13N2O2/c9-7(11)3-1-5-10-6-2-4-8(10)12/h9H,1-6H2. The van der Waals surface area contributed by atoms with Crippen LogP contribution in [-0.2, 0) is 9.59 Å². The number of carbonyl (C=O) groups is 2. The second kappa shape index (κ2) is 4.09. The number of nitrogens with one attached hydrogen (secondary N) is 1. The Morgan fingerprint density at radius 2 is 2.33 bits per heavy atom. The first-order chi connectivity index (χ1) is 5.70. The van der Waals surface area contributed by atoms with Crippen molar-refractivity contribution in [1.82, 2.24) is 10.6 Å². The van der Waals surface area contributed by atoms with Gasteiger partial charge in [-0.15, -0.1) is 0 Å². The van der Waals surface area contributed by atoms with Crippen LogP contribution in [0.2, 0.25) is 0 Å². The van der Waals surface area contributed by atoms with Crippen molar-refractivity contribution in [3.8, 4) is 0 Å². The first-order valence-corrected chi connectivity index (χ1v) is 4.22. The number of nitrogens with zero attached hydrogens (tertiary/aromatic N) is 1. The Balaban J connectivity index is 2.14. The number of amides is 2. The van der Waals surface area contributed by atoms with Gasteiger partial charge in [0.15, 0.2) is 0 Å². The highest BCUT2D eigenvalue weighted by Gasteiger charge is 2.19. The van der Waals surface area contributed by atoms with E-state index in [1.165, 1.54) is 0 Å². The minimum atomic E-state index is -0.540. The van der Waals surface area contributed by atoms with E-state index in [2.05, 4.69) is 0 Å². The van der Waals surface area contributed by atoms with Crippen LogP contribution in [0.25, 0.3) is 0 Å². The Morgan fingerprint density at radius 1 is 1.58 bits per heavy atom. The van der Waals surface area contributed by atoms with Crippen LogP contribution in [0, 0.1) is 0 Å². The average Bonchev–Trinajstić information content (AvgIpc) is 2.36. The number of rotatable bonds is 4. The number of carbonyl (C=O) groups excluding carboxylic acids is 2. The largest absolute Gasteiger partial charge is 0.343 e. The lowest BCUT2D eigenvalue weighted by atomic mass is 10.3. The molecule has 1 fully saturated rings. The third-order valence-electron chi connectivity index (χ3n) is 2.00. The molecule has 4 nitrogen and oxygen atoms in total. The van der Waals surface area contributed by atoms with E-state index in [0.717, 1.165) is 13.0 Å². The highest BCUT2D eigenvalue weighted by molar-refractivity contribution is 5.78. The lowest BCUT2D eigenvalue weighted by Crippen LogP contribution is -2.26. The van der Waals surface area contributed by atoms with E-state index in [0.29, 0.717) is 19.4 Å². The summed E-state index contributed by atoms with van der Waals surface area (Å²) in [6.45, 7) is 1.47. The SMILES string of the molecule is [NH]C(=O)CCCN1CCCC1=O. The van der Waals surface area contributed by atoms with Gasteiger partial charge in [-0.2, -0.15) is 0 Å². The molecule has 0 aromatic carbocycles. The first kappa shape index (κ1) is 9.03. The smallest absolute Gasteiger partial charge is 0.238 e. The van der Waals surface area contributed by atoms with Crippen molar-refractivity contribution in [2.45, 2.75) is 25.7 Å². The zero-order chi connectivity index (χ0) is 8.97. The van der Waals surface area contributed by atoms with Crippen LogP contribution in [0.5, 0.6) is 0 Å². The predicted molar refractivity (Wildman–Crippen MR) is 43.2 cm³/mol. The molecule has 0 bridgehead atoms. The van der Waals surface area contributed by atoms with Crippen LogP contribution < -0.4 is 5.73 Å². The molecule has 4 heteroatoms. The van der Waals surface area contributed by atoms with Gasteiger partial charge in [-0.1, -0.05) is 0 Å². The Labute approximate surface area is 71.7 Å². The second-order valence-electron chi connectivity index (χ2n) is 3.01. The molecule has 1 N–H and O–H groups in total. The highest BCUT2D eigenvalue weighted by atomic mass is 16.2. The Morgan fingerprint density at radius 3 is 2.83 bits per heavy atom. The van der Waals surface area contributed by atoms with Gasteiger partial charge < -0.3 is 4.90 Å². The second-order valence-corrected chi connectivity index (χ2v) is 3.01. The summed E-state index contributed by atoms with van der Waals surface area (Å²) in [5, 5.41) is 0. The van der Waals surface area contributed by atoms with Crippen LogP contribution in [0.15, 0.2) is 0 Å². The summed E-state index contributed by atoms with van der Waals surface area (Å²) in [5.74, 6) is -0.353. The number of hydrogen-bond donors (Lipinski definition) is 0. The van der Waals surface area contributed by atoms with Crippen molar-refractivity contribution in [3.63, 3.8) is 0 Å². The predicted octanol–water partition coefficient (Wildman–Crippen LogP) is 0.198. The fraction of sp³-hybridized carbons (Fsp3) is 0.750. The molecule has 1 aliphatic heterocycles. The maximum atomic E-state index is 11.0.